The first-order valence-electron chi connectivity index (χ1n) is 7.29. The van der Waals surface area contributed by atoms with Crippen LogP contribution in [-0.4, -0.2) is 17.2 Å². The number of hydrogen-bond donors (Lipinski definition) is 2. The number of halogens is 5. The Bertz CT molecular complexity index is 565. The maximum atomic E-state index is 13.1. The number of nitrogens with zero attached hydrogens (tertiary/aromatic N) is 1. The molecule has 8 heteroatoms. The third-order valence-corrected chi connectivity index (χ3v) is 4.12. The fraction of sp³-hybridized carbons (Fsp3) is 0.533. The predicted molar refractivity (Wildman–Crippen MR) is 75.3 cm³/mol. The zero-order valence-corrected chi connectivity index (χ0v) is 12.2. The molecule has 1 aliphatic rings. The number of alkyl halides is 3. The highest BCUT2D eigenvalue weighted by Gasteiger charge is 2.41. The molecule has 0 heterocycles. The Hall–Kier alpha value is -1.86. The van der Waals surface area contributed by atoms with Crippen LogP contribution in [-0.2, 0) is 0 Å². The Morgan fingerprint density at radius 2 is 1.78 bits per heavy atom. The SMILES string of the molecule is O/N=C(/C[C@H]1CC[C@@H](C(F)(F)F)CC1)Nc1ccc(F)c(F)c1. The van der Waals surface area contributed by atoms with Gasteiger partial charge in [-0.25, -0.2) is 8.78 Å². The minimum atomic E-state index is -4.16. The molecule has 0 aromatic heterocycles. The summed E-state index contributed by atoms with van der Waals surface area (Å²) in [6.07, 6.45) is -3.05. The Labute approximate surface area is 130 Å². The van der Waals surface area contributed by atoms with Crippen LogP contribution in [0.2, 0.25) is 0 Å². The van der Waals surface area contributed by atoms with Crippen molar-refractivity contribution >= 4 is 11.5 Å². The number of amidine groups is 1. The number of hydrogen-bond acceptors (Lipinski definition) is 2. The van der Waals surface area contributed by atoms with E-state index >= 15 is 0 Å². The van der Waals surface area contributed by atoms with Crippen molar-refractivity contribution in [3.8, 4) is 0 Å². The lowest BCUT2D eigenvalue weighted by atomic mass is 9.80. The fourth-order valence-corrected chi connectivity index (χ4v) is 2.82. The molecule has 1 saturated carbocycles. The van der Waals surface area contributed by atoms with E-state index in [1.807, 2.05) is 0 Å². The zero-order valence-electron chi connectivity index (χ0n) is 12.2. The predicted octanol–water partition coefficient (Wildman–Crippen LogP) is 4.92. The van der Waals surface area contributed by atoms with Crippen molar-refractivity contribution in [1.82, 2.24) is 0 Å². The first-order valence-corrected chi connectivity index (χ1v) is 7.29. The smallest absolute Gasteiger partial charge is 0.391 e. The van der Waals surface area contributed by atoms with Gasteiger partial charge in [0.15, 0.2) is 11.6 Å². The van der Waals surface area contributed by atoms with Gasteiger partial charge in [0.1, 0.15) is 5.84 Å². The van der Waals surface area contributed by atoms with Gasteiger partial charge in [-0.15, -0.1) is 0 Å². The molecular weight excluding hydrogens is 319 g/mol. The van der Waals surface area contributed by atoms with Gasteiger partial charge in [0.2, 0.25) is 0 Å². The first kappa shape index (κ1) is 17.5. The molecule has 0 amide bonds. The number of benzene rings is 1. The van der Waals surface area contributed by atoms with Gasteiger partial charge in [-0.3, -0.25) is 0 Å². The lowest BCUT2D eigenvalue weighted by molar-refractivity contribution is -0.183. The summed E-state index contributed by atoms with van der Waals surface area (Å²) in [6, 6.07) is 3.13. The minimum absolute atomic E-state index is 0.0442. The van der Waals surface area contributed by atoms with Gasteiger partial charge in [-0.2, -0.15) is 13.2 Å². The Balaban J connectivity index is 1.90. The molecule has 1 aliphatic carbocycles. The Kier molecular flexibility index (Phi) is 5.43. The van der Waals surface area contributed by atoms with Gasteiger partial charge in [-0.1, -0.05) is 5.16 Å². The van der Waals surface area contributed by atoms with E-state index in [9.17, 15) is 22.0 Å². The second-order valence-electron chi connectivity index (χ2n) is 5.76. The van der Waals surface area contributed by atoms with Crippen molar-refractivity contribution in [1.29, 1.82) is 0 Å². The van der Waals surface area contributed by atoms with Gasteiger partial charge >= 0.3 is 6.18 Å². The summed E-state index contributed by atoms with van der Waals surface area (Å²) < 4.78 is 63.8. The van der Waals surface area contributed by atoms with Crippen LogP contribution in [0.3, 0.4) is 0 Å². The maximum Gasteiger partial charge on any atom is 0.391 e. The number of oxime groups is 1. The van der Waals surface area contributed by atoms with Crippen LogP contribution in [0.4, 0.5) is 27.6 Å². The maximum absolute atomic E-state index is 13.1. The highest BCUT2D eigenvalue weighted by atomic mass is 19.4. The molecule has 128 valence electrons. The highest BCUT2D eigenvalue weighted by Crippen LogP contribution is 2.40. The third kappa shape index (κ3) is 4.80. The molecule has 0 bridgehead atoms. The van der Waals surface area contributed by atoms with Crippen molar-refractivity contribution in [2.45, 2.75) is 38.3 Å². The van der Waals surface area contributed by atoms with Crippen LogP contribution in [0.15, 0.2) is 23.4 Å². The van der Waals surface area contributed by atoms with Crippen LogP contribution in [0.5, 0.6) is 0 Å². The van der Waals surface area contributed by atoms with Crippen molar-refractivity contribution < 1.29 is 27.2 Å². The van der Waals surface area contributed by atoms with Gasteiger partial charge in [0.05, 0.1) is 5.92 Å². The van der Waals surface area contributed by atoms with E-state index in [4.69, 9.17) is 5.21 Å². The van der Waals surface area contributed by atoms with E-state index in [1.165, 1.54) is 6.07 Å². The van der Waals surface area contributed by atoms with Crippen LogP contribution < -0.4 is 5.32 Å². The van der Waals surface area contributed by atoms with Gasteiger partial charge in [-0.05, 0) is 43.7 Å². The normalized spacial score (nSPS) is 22.9. The van der Waals surface area contributed by atoms with E-state index in [0.717, 1.165) is 12.1 Å². The minimum Gasteiger partial charge on any atom is -0.409 e. The molecule has 2 N–H and O–H groups in total. The lowest BCUT2D eigenvalue weighted by Gasteiger charge is -2.29. The largest absolute Gasteiger partial charge is 0.409 e. The summed E-state index contributed by atoms with van der Waals surface area (Å²) >= 11 is 0. The molecule has 0 unspecified atom stereocenters. The van der Waals surface area contributed by atoms with Crippen molar-refractivity contribution in [2.24, 2.45) is 17.0 Å². The topological polar surface area (TPSA) is 44.6 Å². The standard InChI is InChI=1S/C15H17F5N2O/c16-12-6-5-11(8-13(12)17)21-14(22-23)7-9-1-3-10(4-2-9)15(18,19)20/h5-6,8-10,23H,1-4,7H2,(H,21,22)/t9-,10+. The first-order chi connectivity index (χ1) is 10.8. The molecule has 1 fully saturated rings. The van der Waals surface area contributed by atoms with Crippen LogP contribution in [0, 0.1) is 23.5 Å². The molecule has 0 spiro atoms. The van der Waals surface area contributed by atoms with Gasteiger partial charge in [0.25, 0.3) is 0 Å². The monoisotopic (exact) mass is 336 g/mol. The van der Waals surface area contributed by atoms with Crippen LogP contribution in [0.25, 0.3) is 0 Å². The Morgan fingerprint density at radius 3 is 2.30 bits per heavy atom. The van der Waals surface area contributed by atoms with E-state index in [2.05, 4.69) is 10.5 Å². The highest BCUT2D eigenvalue weighted by molar-refractivity contribution is 5.95. The van der Waals surface area contributed by atoms with E-state index in [1.54, 1.807) is 0 Å². The van der Waals surface area contributed by atoms with Crippen LogP contribution >= 0.6 is 0 Å². The molecule has 1 aromatic rings. The van der Waals surface area contributed by atoms with Crippen molar-refractivity contribution in [2.75, 3.05) is 5.32 Å². The molecular formula is C15H17F5N2O. The average molecular weight is 336 g/mol. The van der Waals surface area contributed by atoms with E-state index < -0.39 is 23.7 Å². The van der Waals surface area contributed by atoms with Crippen LogP contribution in [0.1, 0.15) is 32.1 Å². The summed E-state index contributed by atoms with van der Waals surface area (Å²) in [7, 11) is 0. The average Bonchev–Trinajstić information content (AvgIpc) is 2.50. The molecule has 2 rings (SSSR count). The quantitative estimate of drug-likeness (QED) is 0.270. The molecule has 1 aromatic carbocycles. The molecule has 0 aliphatic heterocycles. The molecule has 0 radical (unpaired) electrons. The van der Waals surface area contributed by atoms with Gasteiger partial charge in [0, 0.05) is 18.2 Å². The van der Waals surface area contributed by atoms with Crippen molar-refractivity contribution in [3.63, 3.8) is 0 Å². The molecule has 3 nitrogen and oxygen atoms in total. The summed E-state index contributed by atoms with van der Waals surface area (Å²) in [4.78, 5) is 0. The molecule has 23 heavy (non-hydrogen) atoms. The lowest BCUT2D eigenvalue weighted by Crippen LogP contribution is -2.29. The van der Waals surface area contributed by atoms with E-state index in [0.29, 0.717) is 12.8 Å². The number of nitrogens with one attached hydrogen (secondary N) is 1. The summed E-state index contributed by atoms with van der Waals surface area (Å²) in [5, 5.41) is 14.7. The molecule has 0 atom stereocenters. The Morgan fingerprint density at radius 1 is 1.13 bits per heavy atom. The zero-order chi connectivity index (χ0) is 17.0. The van der Waals surface area contributed by atoms with Crippen molar-refractivity contribution in [3.05, 3.63) is 29.8 Å². The third-order valence-electron chi connectivity index (χ3n) is 4.12. The second kappa shape index (κ2) is 7.14. The number of rotatable bonds is 3. The second-order valence-corrected chi connectivity index (χ2v) is 5.76. The number of anilines is 1. The van der Waals surface area contributed by atoms with Gasteiger partial charge < -0.3 is 10.5 Å². The van der Waals surface area contributed by atoms with E-state index in [-0.39, 0.29) is 36.7 Å². The summed E-state index contributed by atoms with van der Waals surface area (Å²) in [6.45, 7) is 0. The summed E-state index contributed by atoms with van der Waals surface area (Å²) in [5.41, 5.74) is 0.209. The molecule has 0 saturated heterocycles. The summed E-state index contributed by atoms with van der Waals surface area (Å²) in [5.74, 6) is -3.24. The fourth-order valence-electron chi connectivity index (χ4n) is 2.82.